The van der Waals surface area contributed by atoms with Crippen LogP contribution in [0.25, 0.3) is 6.08 Å². The first-order valence-corrected chi connectivity index (χ1v) is 4.82. The highest BCUT2D eigenvalue weighted by Gasteiger charge is 2.13. The Labute approximate surface area is 99.2 Å². The lowest BCUT2D eigenvalue weighted by molar-refractivity contribution is -0.297. The van der Waals surface area contributed by atoms with Crippen LogP contribution in [-0.2, 0) is 4.79 Å². The van der Waals surface area contributed by atoms with Crippen LogP contribution in [0.4, 0.5) is 0 Å². The molecule has 17 heavy (non-hydrogen) atoms. The van der Waals surface area contributed by atoms with Crippen LogP contribution in [0.15, 0.2) is 18.2 Å². The molecule has 1 aromatic carbocycles. The summed E-state index contributed by atoms with van der Waals surface area (Å²) in [4.78, 5) is 10.4. The molecule has 0 amide bonds. The fourth-order valence-corrected chi connectivity index (χ4v) is 1.41. The average molecular weight is 237 g/mol. The fourth-order valence-electron chi connectivity index (χ4n) is 1.41. The molecule has 1 aromatic rings. The van der Waals surface area contributed by atoms with Crippen molar-refractivity contribution in [3.05, 3.63) is 23.8 Å². The van der Waals surface area contributed by atoms with Gasteiger partial charge in [-0.15, -0.1) is 0 Å². The smallest absolute Gasteiger partial charge is 0.203 e. The molecule has 92 valence electrons. The fraction of sp³-hybridized carbons (Fsp3) is 0.250. The van der Waals surface area contributed by atoms with Crippen LogP contribution in [0.2, 0.25) is 0 Å². The summed E-state index contributed by atoms with van der Waals surface area (Å²) in [6.07, 6.45) is 2.29. The minimum absolute atomic E-state index is 0.407. The quantitative estimate of drug-likeness (QED) is 0.696. The zero-order valence-corrected chi connectivity index (χ0v) is 9.85. The lowest BCUT2D eigenvalue weighted by Gasteiger charge is -2.13. The Morgan fingerprint density at radius 2 is 1.76 bits per heavy atom. The van der Waals surface area contributed by atoms with Crippen LogP contribution >= 0.6 is 0 Å². The Morgan fingerprint density at radius 3 is 2.24 bits per heavy atom. The minimum Gasteiger partial charge on any atom is -0.545 e. The van der Waals surface area contributed by atoms with Crippen LogP contribution in [-0.4, -0.2) is 27.3 Å². The van der Waals surface area contributed by atoms with Gasteiger partial charge in [0.15, 0.2) is 11.5 Å². The number of ether oxygens (including phenoxy) is 3. The summed E-state index contributed by atoms with van der Waals surface area (Å²) in [7, 11) is 4.45. The molecule has 1 rings (SSSR count). The van der Waals surface area contributed by atoms with E-state index in [-0.39, 0.29) is 0 Å². The number of rotatable bonds is 5. The van der Waals surface area contributed by atoms with Crippen LogP contribution in [0.1, 0.15) is 5.56 Å². The third-order valence-electron chi connectivity index (χ3n) is 2.13. The molecule has 5 heteroatoms. The van der Waals surface area contributed by atoms with E-state index in [9.17, 15) is 9.90 Å². The lowest BCUT2D eigenvalue weighted by Crippen LogP contribution is -2.18. The van der Waals surface area contributed by atoms with Crippen molar-refractivity contribution in [3.8, 4) is 17.2 Å². The van der Waals surface area contributed by atoms with Crippen molar-refractivity contribution in [1.82, 2.24) is 0 Å². The van der Waals surface area contributed by atoms with Crippen LogP contribution in [0, 0.1) is 0 Å². The number of benzene rings is 1. The number of carboxylic acids is 1. The van der Waals surface area contributed by atoms with Gasteiger partial charge in [0, 0.05) is 5.56 Å². The van der Waals surface area contributed by atoms with Crippen LogP contribution in [0.3, 0.4) is 0 Å². The SMILES string of the molecule is COc1ccc(/C=C/C(=O)[O-])c(OC)c1OC. The maximum Gasteiger partial charge on any atom is 0.203 e. The Kier molecular flexibility index (Phi) is 4.39. The molecule has 5 nitrogen and oxygen atoms in total. The molecule has 0 N–H and O–H groups in total. The van der Waals surface area contributed by atoms with E-state index in [0.717, 1.165) is 6.08 Å². The molecular formula is C12H13O5-. The molecular weight excluding hydrogens is 224 g/mol. The minimum atomic E-state index is -1.28. The van der Waals surface area contributed by atoms with E-state index in [1.54, 1.807) is 12.1 Å². The van der Waals surface area contributed by atoms with Crippen molar-refractivity contribution in [3.63, 3.8) is 0 Å². The van der Waals surface area contributed by atoms with Gasteiger partial charge >= 0.3 is 0 Å². The van der Waals surface area contributed by atoms with Gasteiger partial charge in [-0.1, -0.05) is 0 Å². The number of hydrogen-bond acceptors (Lipinski definition) is 5. The van der Waals surface area contributed by atoms with Crippen molar-refractivity contribution in [1.29, 1.82) is 0 Å². The Balaban J connectivity index is 3.28. The number of carbonyl (C=O) groups is 1. The summed E-state index contributed by atoms with van der Waals surface area (Å²) in [6.45, 7) is 0. The molecule has 0 saturated heterocycles. The second-order valence-corrected chi connectivity index (χ2v) is 3.08. The molecule has 0 heterocycles. The topological polar surface area (TPSA) is 67.8 Å². The summed E-state index contributed by atoms with van der Waals surface area (Å²) < 4.78 is 15.4. The number of aliphatic carboxylic acids is 1. The number of methoxy groups -OCH3 is 3. The van der Waals surface area contributed by atoms with E-state index in [1.165, 1.54) is 27.4 Å². The first kappa shape index (κ1) is 12.9. The van der Waals surface area contributed by atoms with E-state index in [4.69, 9.17) is 14.2 Å². The van der Waals surface area contributed by atoms with Gasteiger partial charge in [0.2, 0.25) is 5.75 Å². The van der Waals surface area contributed by atoms with Gasteiger partial charge in [-0.25, -0.2) is 0 Å². The van der Waals surface area contributed by atoms with Crippen LogP contribution < -0.4 is 19.3 Å². The van der Waals surface area contributed by atoms with Gasteiger partial charge in [0.1, 0.15) is 0 Å². The first-order valence-electron chi connectivity index (χ1n) is 4.82. The second-order valence-electron chi connectivity index (χ2n) is 3.08. The summed E-state index contributed by atoms with van der Waals surface area (Å²) in [5.41, 5.74) is 0.564. The molecule has 0 unspecified atom stereocenters. The highest BCUT2D eigenvalue weighted by atomic mass is 16.5. The molecule has 0 aliphatic heterocycles. The third-order valence-corrected chi connectivity index (χ3v) is 2.13. The summed E-state index contributed by atoms with van der Waals surface area (Å²) in [5.74, 6) is 0.0524. The van der Waals surface area contributed by atoms with Crippen molar-refractivity contribution in [2.75, 3.05) is 21.3 Å². The molecule has 0 radical (unpaired) electrons. The standard InChI is InChI=1S/C12H14O5/c1-15-9-6-4-8(5-7-10(13)14)11(16-2)12(9)17-3/h4-7H,1-3H3,(H,13,14)/p-1/b7-5+. The Bertz CT molecular complexity index is 437. The highest BCUT2D eigenvalue weighted by molar-refractivity contribution is 5.85. The van der Waals surface area contributed by atoms with E-state index in [2.05, 4.69) is 0 Å². The molecule has 0 saturated carbocycles. The molecule has 0 aliphatic carbocycles. The monoisotopic (exact) mass is 237 g/mol. The average Bonchev–Trinajstić information content (AvgIpc) is 2.34. The normalized spacial score (nSPS) is 10.3. The molecule has 0 fully saturated rings. The van der Waals surface area contributed by atoms with Crippen molar-refractivity contribution in [2.24, 2.45) is 0 Å². The largest absolute Gasteiger partial charge is 0.545 e. The number of carboxylic acid groups (broad SMARTS) is 1. The Hall–Kier alpha value is -2.17. The predicted octanol–water partition coefficient (Wildman–Crippen LogP) is 0.476. The van der Waals surface area contributed by atoms with Gasteiger partial charge in [-0.05, 0) is 24.3 Å². The maximum absolute atomic E-state index is 10.4. The molecule has 0 atom stereocenters. The van der Waals surface area contributed by atoms with Gasteiger partial charge in [0.25, 0.3) is 0 Å². The molecule has 0 aromatic heterocycles. The number of carbonyl (C=O) groups excluding carboxylic acids is 1. The maximum atomic E-state index is 10.4. The van der Waals surface area contributed by atoms with E-state index < -0.39 is 5.97 Å². The zero-order valence-electron chi connectivity index (χ0n) is 9.85. The van der Waals surface area contributed by atoms with Gasteiger partial charge in [-0.3, -0.25) is 0 Å². The van der Waals surface area contributed by atoms with Gasteiger partial charge in [-0.2, -0.15) is 0 Å². The van der Waals surface area contributed by atoms with E-state index in [0.29, 0.717) is 22.8 Å². The van der Waals surface area contributed by atoms with E-state index >= 15 is 0 Å². The van der Waals surface area contributed by atoms with Crippen molar-refractivity contribution < 1.29 is 24.1 Å². The third kappa shape index (κ3) is 2.90. The molecule has 0 bridgehead atoms. The second kappa shape index (κ2) is 5.79. The summed E-state index contributed by atoms with van der Waals surface area (Å²) in [5, 5.41) is 10.4. The van der Waals surface area contributed by atoms with Crippen molar-refractivity contribution in [2.45, 2.75) is 0 Å². The predicted molar refractivity (Wildman–Crippen MR) is 60.1 cm³/mol. The summed E-state index contributed by atoms with van der Waals surface area (Å²) >= 11 is 0. The zero-order chi connectivity index (χ0) is 12.8. The van der Waals surface area contributed by atoms with Crippen LogP contribution in [0.5, 0.6) is 17.2 Å². The molecule has 0 spiro atoms. The number of hydrogen-bond donors (Lipinski definition) is 0. The highest BCUT2D eigenvalue weighted by Crippen LogP contribution is 2.40. The Morgan fingerprint density at radius 1 is 1.12 bits per heavy atom. The van der Waals surface area contributed by atoms with E-state index in [1.807, 2.05) is 0 Å². The van der Waals surface area contributed by atoms with Crippen molar-refractivity contribution >= 4 is 12.0 Å². The molecule has 0 aliphatic rings. The lowest BCUT2D eigenvalue weighted by atomic mass is 10.1. The van der Waals surface area contributed by atoms with Gasteiger partial charge < -0.3 is 24.1 Å². The first-order chi connectivity index (χ1) is 8.13. The van der Waals surface area contributed by atoms with Gasteiger partial charge in [0.05, 0.1) is 27.3 Å². The summed E-state index contributed by atoms with van der Waals surface area (Å²) in [6, 6.07) is 3.33.